The van der Waals surface area contributed by atoms with Crippen molar-refractivity contribution in [3.05, 3.63) is 64.9 Å². The smallest absolute Gasteiger partial charge is 0.244 e. The molecular formula is C24H31ClFN3O4S. The number of benzene rings is 2. The van der Waals surface area contributed by atoms with Gasteiger partial charge in [-0.3, -0.25) is 13.9 Å². The quantitative estimate of drug-likeness (QED) is 0.497. The Morgan fingerprint density at radius 1 is 1.09 bits per heavy atom. The number of nitrogens with zero attached hydrogens (tertiary/aromatic N) is 2. The number of anilines is 1. The van der Waals surface area contributed by atoms with Gasteiger partial charge in [0.05, 0.1) is 11.9 Å². The Bertz CT molecular complexity index is 1090. The summed E-state index contributed by atoms with van der Waals surface area (Å²) in [6, 6.07) is 10.9. The minimum atomic E-state index is -3.88. The summed E-state index contributed by atoms with van der Waals surface area (Å²) in [5, 5.41) is 3.28. The number of carbonyl (C=O) groups is 2. The summed E-state index contributed by atoms with van der Waals surface area (Å²) in [5.41, 5.74) is 0.771. The van der Waals surface area contributed by atoms with E-state index in [9.17, 15) is 22.4 Å². The van der Waals surface area contributed by atoms with Crippen LogP contribution in [0.3, 0.4) is 0 Å². The Hall–Kier alpha value is -2.65. The van der Waals surface area contributed by atoms with Crippen molar-refractivity contribution in [1.29, 1.82) is 0 Å². The van der Waals surface area contributed by atoms with Crippen LogP contribution in [0.4, 0.5) is 10.1 Å². The van der Waals surface area contributed by atoms with Gasteiger partial charge < -0.3 is 10.2 Å². The van der Waals surface area contributed by atoms with Gasteiger partial charge in [0.25, 0.3) is 0 Å². The largest absolute Gasteiger partial charge is 0.354 e. The maximum Gasteiger partial charge on any atom is 0.244 e. The minimum absolute atomic E-state index is 0.0210. The molecule has 0 saturated carbocycles. The predicted octanol–water partition coefficient (Wildman–Crippen LogP) is 3.82. The SMILES string of the molecule is CC[C@@H](C(=O)NCC(C)C)N(Cc1ccccc1Cl)C(=O)CN(c1ccc(F)cc1)S(C)(=O)=O. The molecule has 0 unspecified atom stereocenters. The molecule has 0 aliphatic rings. The number of hydrogen-bond donors (Lipinski definition) is 1. The van der Waals surface area contributed by atoms with Gasteiger partial charge in [-0.2, -0.15) is 0 Å². The average Bonchev–Trinajstić information content (AvgIpc) is 2.77. The Morgan fingerprint density at radius 3 is 2.24 bits per heavy atom. The molecule has 0 aliphatic carbocycles. The van der Waals surface area contributed by atoms with Crippen LogP contribution in [-0.4, -0.2) is 50.5 Å². The molecular weight excluding hydrogens is 481 g/mol. The van der Waals surface area contributed by atoms with E-state index in [1.807, 2.05) is 13.8 Å². The molecule has 0 aliphatic heterocycles. The van der Waals surface area contributed by atoms with Crippen molar-refractivity contribution in [2.75, 3.05) is 23.7 Å². The summed E-state index contributed by atoms with van der Waals surface area (Å²) >= 11 is 6.31. The lowest BCUT2D eigenvalue weighted by Crippen LogP contribution is -2.52. The standard InChI is InChI=1S/C24H31ClFN3O4S/c1-5-22(24(31)27-14-17(2)3)28(15-18-8-6-7-9-21(18)25)23(30)16-29(34(4,32)33)20-12-10-19(26)11-13-20/h6-13,17,22H,5,14-16H2,1-4H3,(H,27,31)/t22-/m0/s1. The van der Waals surface area contributed by atoms with E-state index in [1.165, 1.54) is 17.0 Å². The maximum absolute atomic E-state index is 13.5. The molecule has 2 rings (SSSR count). The van der Waals surface area contributed by atoms with Gasteiger partial charge >= 0.3 is 0 Å². The van der Waals surface area contributed by atoms with Gasteiger partial charge in [-0.25, -0.2) is 12.8 Å². The Kier molecular flexibility index (Phi) is 9.88. The third kappa shape index (κ3) is 7.70. The van der Waals surface area contributed by atoms with E-state index < -0.39 is 34.3 Å². The lowest BCUT2D eigenvalue weighted by molar-refractivity contribution is -0.140. The Morgan fingerprint density at radius 2 is 1.71 bits per heavy atom. The molecule has 0 radical (unpaired) electrons. The van der Waals surface area contributed by atoms with Crippen LogP contribution in [0, 0.1) is 11.7 Å². The molecule has 0 fully saturated rings. The fourth-order valence-corrected chi connectivity index (χ4v) is 4.42. The molecule has 2 amide bonds. The number of rotatable bonds is 11. The monoisotopic (exact) mass is 511 g/mol. The predicted molar refractivity (Wildman–Crippen MR) is 133 cm³/mol. The van der Waals surface area contributed by atoms with Crippen LogP contribution in [0.15, 0.2) is 48.5 Å². The number of nitrogens with one attached hydrogen (secondary N) is 1. The van der Waals surface area contributed by atoms with Crippen molar-refractivity contribution in [2.24, 2.45) is 5.92 Å². The summed E-state index contributed by atoms with van der Waals surface area (Å²) in [7, 11) is -3.88. The molecule has 186 valence electrons. The van der Waals surface area contributed by atoms with Crippen molar-refractivity contribution in [1.82, 2.24) is 10.2 Å². The molecule has 1 N–H and O–H groups in total. The van der Waals surface area contributed by atoms with E-state index in [2.05, 4.69) is 5.32 Å². The van der Waals surface area contributed by atoms with Crippen LogP contribution in [0.25, 0.3) is 0 Å². The van der Waals surface area contributed by atoms with Crippen LogP contribution in [0.1, 0.15) is 32.8 Å². The van der Waals surface area contributed by atoms with E-state index in [4.69, 9.17) is 11.6 Å². The van der Waals surface area contributed by atoms with Crippen LogP contribution < -0.4 is 9.62 Å². The first-order valence-corrected chi connectivity index (χ1v) is 13.2. The topological polar surface area (TPSA) is 86.8 Å². The summed E-state index contributed by atoms with van der Waals surface area (Å²) in [6.45, 7) is 5.60. The second kappa shape index (κ2) is 12.2. The number of sulfonamides is 1. The molecule has 1 atom stereocenters. The first-order chi connectivity index (χ1) is 15.9. The third-order valence-electron chi connectivity index (χ3n) is 5.16. The van der Waals surface area contributed by atoms with Crippen molar-refractivity contribution >= 4 is 39.1 Å². The van der Waals surface area contributed by atoms with E-state index in [0.29, 0.717) is 23.6 Å². The van der Waals surface area contributed by atoms with E-state index >= 15 is 0 Å². The highest BCUT2D eigenvalue weighted by Gasteiger charge is 2.32. The summed E-state index contributed by atoms with van der Waals surface area (Å²) in [6.07, 6.45) is 1.28. The Balaban J connectivity index is 2.42. The highest BCUT2D eigenvalue weighted by molar-refractivity contribution is 7.92. The van der Waals surface area contributed by atoms with Gasteiger partial charge in [0.15, 0.2) is 0 Å². The van der Waals surface area contributed by atoms with Gasteiger partial charge in [0.1, 0.15) is 18.4 Å². The molecule has 0 spiro atoms. The summed E-state index contributed by atoms with van der Waals surface area (Å²) in [4.78, 5) is 27.8. The van der Waals surface area contributed by atoms with Gasteiger partial charge in [-0.15, -0.1) is 0 Å². The zero-order chi connectivity index (χ0) is 25.5. The van der Waals surface area contributed by atoms with Crippen LogP contribution >= 0.6 is 11.6 Å². The first kappa shape index (κ1) is 27.6. The van der Waals surface area contributed by atoms with E-state index in [-0.39, 0.29) is 24.1 Å². The van der Waals surface area contributed by atoms with Crippen LogP contribution in [0.5, 0.6) is 0 Å². The first-order valence-electron chi connectivity index (χ1n) is 11.0. The second-order valence-electron chi connectivity index (χ2n) is 8.42. The van der Waals surface area contributed by atoms with Crippen LogP contribution in [-0.2, 0) is 26.2 Å². The highest BCUT2D eigenvalue weighted by atomic mass is 35.5. The molecule has 2 aromatic rings. The fraction of sp³-hybridized carbons (Fsp3) is 0.417. The average molecular weight is 512 g/mol. The Labute approximate surface area is 205 Å². The van der Waals surface area contributed by atoms with Gasteiger partial charge in [-0.05, 0) is 48.2 Å². The van der Waals surface area contributed by atoms with Gasteiger partial charge in [-0.1, -0.05) is 50.6 Å². The molecule has 2 aromatic carbocycles. The van der Waals surface area contributed by atoms with Crippen molar-refractivity contribution < 1.29 is 22.4 Å². The summed E-state index contributed by atoms with van der Waals surface area (Å²) in [5.74, 6) is -1.23. The van der Waals surface area contributed by atoms with Crippen molar-refractivity contribution in [3.8, 4) is 0 Å². The van der Waals surface area contributed by atoms with E-state index in [1.54, 1.807) is 31.2 Å². The third-order valence-corrected chi connectivity index (χ3v) is 6.67. The molecule has 10 heteroatoms. The highest BCUT2D eigenvalue weighted by Crippen LogP contribution is 2.22. The minimum Gasteiger partial charge on any atom is -0.354 e. The molecule has 0 heterocycles. The molecule has 0 aromatic heterocycles. The fourth-order valence-electron chi connectivity index (χ4n) is 3.37. The lowest BCUT2D eigenvalue weighted by Gasteiger charge is -2.33. The number of amides is 2. The molecule has 7 nitrogen and oxygen atoms in total. The number of carbonyl (C=O) groups excluding carboxylic acids is 2. The number of hydrogen-bond acceptors (Lipinski definition) is 4. The maximum atomic E-state index is 13.5. The zero-order valence-corrected chi connectivity index (χ0v) is 21.4. The molecule has 34 heavy (non-hydrogen) atoms. The van der Waals surface area contributed by atoms with Crippen molar-refractivity contribution in [2.45, 2.75) is 39.8 Å². The number of halogens is 2. The lowest BCUT2D eigenvalue weighted by atomic mass is 10.1. The van der Waals surface area contributed by atoms with Gasteiger partial charge in [0, 0.05) is 18.1 Å². The van der Waals surface area contributed by atoms with Crippen LogP contribution in [0.2, 0.25) is 5.02 Å². The molecule has 0 saturated heterocycles. The van der Waals surface area contributed by atoms with Gasteiger partial charge in [0.2, 0.25) is 21.8 Å². The normalized spacial score (nSPS) is 12.3. The van der Waals surface area contributed by atoms with E-state index in [0.717, 1.165) is 22.7 Å². The summed E-state index contributed by atoms with van der Waals surface area (Å²) < 4.78 is 39.3. The molecule has 0 bridgehead atoms. The second-order valence-corrected chi connectivity index (χ2v) is 10.7. The van der Waals surface area contributed by atoms with Crippen molar-refractivity contribution in [3.63, 3.8) is 0 Å². The zero-order valence-electron chi connectivity index (χ0n) is 19.8.